The van der Waals surface area contributed by atoms with Gasteiger partial charge in [0.15, 0.2) is 5.78 Å². The van der Waals surface area contributed by atoms with Crippen LogP contribution < -0.4 is 0 Å². The minimum Gasteiger partial charge on any atom is -0.289 e. The maximum absolute atomic E-state index is 13.2. The van der Waals surface area contributed by atoms with Crippen LogP contribution in [0.2, 0.25) is 0 Å². The molecule has 0 radical (unpaired) electrons. The van der Waals surface area contributed by atoms with Gasteiger partial charge in [-0.05, 0) is 36.2 Å². The monoisotopic (exact) mass is 436 g/mol. The first-order valence-electron chi connectivity index (χ1n) is 7.18. The molecule has 0 saturated heterocycles. The van der Waals surface area contributed by atoms with Crippen molar-refractivity contribution in [2.24, 2.45) is 0 Å². The third-order valence-electron chi connectivity index (χ3n) is 3.53. The Kier molecular flexibility index (Phi) is 5.65. The summed E-state index contributed by atoms with van der Waals surface area (Å²) in [5, 5.41) is 0. The zero-order chi connectivity index (χ0) is 19.7. The van der Waals surface area contributed by atoms with Crippen molar-refractivity contribution in [3.63, 3.8) is 0 Å². The standard InChI is InChI=1S/C18H11BrF6O/c1-10-9-12(7-8-13(10)19)15(26)14(11-5-3-2-4-6-11)16(17(20,21)22)18(23,24)25/h2-9H,1H3. The van der Waals surface area contributed by atoms with Gasteiger partial charge >= 0.3 is 12.4 Å². The van der Waals surface area contributed by atoms with Gasteiger partial charge in [-0.3, -0.25) is 4.79 Å². The molecule has 26 heavy (non-hydrogen) atoms. The number of benzene rings is 2. The Morgan fingerprint density at radius 3 is 1.85 bits per heavy atom. The highest BCUT2D eigenvalue weighted by Gasteiger charge is 2.54. The van der Waals surface area contributed by atoms with E-state index in [-0.39, 0.29) is 5.56 Å². The molecule has 2 aromatic carbocycles. The lowest BCUT2D eigenvalue weighted by atomic mass is 9.91. The molecule has 8 heteroatoms. The molecular weight excluding hydrogens is 426 g/mol. The molecule has 1 nitrogen and oxygen atoms in total. The number of Topliss-reactive ketones (excluding diaryl/α,β-unsaturated/α-hetero) is 1. The first-order valence-corrected chi connectivity index (χ1v) is 7.97. The van der Waals surface area contributed by atoms with Crippen LogP contribution in [0.5, 0.6) is 0 Å². The van der Waals surface area contributed by atoms with Crippen molar-refractivity contribution in [1.29, 1.82) is 0 Å². The number of halogens is 7. The van der Waals surface area contributed by atoms with Crippen LogP contribution in [0.15, 0.2) is 58.6 Å². The summed E-state index contributed by atoms with van der Waals surface area (Å²) in [7, 11) is 0. The van der Waals surface area contributed by atoms with Crippen LogP contribution in [0.4, 0.5) is 26.3 Å². The van der Waals surface area contributed by atoms with Crippen molar-refractivity contribution in [2.75, 3.05) is 0 Å². The fourth-order valence-corrected chi connectivity index (χ4v) is 2.61. The summed E-state index contributed by atoms with van der Waals surface area (Å²) in [5.41, 5.74) is -4.46. The molecule has 2 aromatic rings. The summed E-state index contributed by atoms with van der Waals surface area (Å²) in [6.07, 6.45) is -11.5. The van der Waals surface area contributed by atoms with Crippen molar-refractivity contribution >= 4 is 27.3 Å². The summed E-state index contributed by atoms with van der Waals surface area (Å²) in [6, 6.07) is 9.83. The number of hydrogen-bond donors (Lipinski definition) is 0. The topological polar surface area (TPSA) is 17.1 Å². The fourth-order valence-electron chi connectivity index (χ4n) is 2.37. The van der Waals surface area contributed by atoms with Gasteiger partial charge in [0.25, 0.3) is 0 Å². The minimum atomic E-state index is -5.75. The lowest BCUT2D eigenvalue weighted by Gasteiger charge is -2.20. The molecule has 0 N–H and O–H groups in total. The normalized spacial score (nSPS) is 12.0. The van der Waals surface area contributed by atoms with Gasteiger partial charge < -0.3 is 0 Å². The summed E-state index contributed by atoms with van der Waals surface area (Å²) >= 11 is 3.17. The van der Waals surface area contributed by atoms with Crippen molar-refractivity contribution < 1.29 is 31.1 Å². The molecule has 0 aromatic heterocycles. The Bertz CT molecular complexity index is 834. The quantitative estimate of drug-likeness (QED) is 0.304. The van der Waals surface area contributed by atoms with E-state index >= 15 is 0 Å². The molecule has 0 bridgehead atoms. The van der Waals surface area contributed by atoms with E-state index < -0.39 is 34.8 Å². The van der Waals surface area contributed by atoms with Crippen LogP contribution in [0.1, 0.15) is 21.5 Å². The largest absolute Gasteiger partial charge is 0.422 e. The van der Waals surface area contributed by atoms with Crippen molar-refractivity contribution in [3.05, 3.63) is 75.3 Å². The zero-order valence-corrected chi connectivity index (χ0v) is 14.8. The van der Waals surface area contributed by atoms with Crippen LogP contribution in [-0.2, 0) is 0 Å². The van der Waals surface area contributed by atoms with Crippen LogP contribution in [0, 0.1) is 6.92 Å². The van der Waals surface area contributed by atoms with E-state index in [1.54, 1.807) is 6.92 Å². The van der Waals surface area contributed by atoms with Crippen LogP contribution >= 0.6 is 15.9 Å². The number of rotatable bonds is 3. The van der Waals surface area contributed by atoms with E-state index in [0.29, 0.717) is 10.0 Å². The van der Waals surface area contributed by atoms with E-state index in [1.807, 2.05) is 0 Å². The number of hydrogen-bond acceptors (Lipinski definition) is 1. The number of alkyl halides is 6. The highest BCUT2D eigenvalue weighted by atomic mass is 79.9. The Morgan fingerprint density at radius 1 is 0.846 bits per heavy atom. The third kappa shape index (κ3) is 4.35. The molecule has 0 aliphatic rings. The molecule has 0 heterocycles. The van der Waals surface area contributed by atoms with Crippen LogP contribution in [0.25, 0.3) is 5.57 Å². The van der Waals surface area contributed by atoms with E-state index in [1.165, 1.54) is 36.4 Å². The second-order valence-electron chi connectivity index (χ2n) is 5.40. The highest BCUT2D eigenvalue weighted by molar-refractivity contribution is 9.10. The van der Waals surface area contributed by atoms with E-state index in [2.05, 4.69) is 15.9 Å². The molecule has 0 atom stereocenters. The van der Waals surface area contributed by atoms with Gasteiger partial charge in [-0.1, -0.05) is 46.3 Å². The Labute approximate surface area is 153 Å². The second-order valence-corrected chi connectivity index (χ2v) is 6.26. The lowest BCUT2D eigenvalue weighted by molar-refractivity contribution is -0.170. The number of ketones is 1. The predicted octanol–water partition coefficient (Wildman–Crippen LogP) is 6.52. The second kappa shape index (κ2) is 7.26. The number of carbonyl (C=O) groups excluding carboxylic acids is 1. The molecule has 2 rings (SSSR count). The van der Waals surface area contributed by atoms with Gasteiger partial charge in [0, 0.05) is 15.6 Å². The predicted molar refractivity (Wildman–Crippen MR) is 88.7 cm³/mol. The maximum Gasteiger partial charge on any atom is 0.422 e. The van der Waals surface area contributed by atoms with Gasteiger partial charge in [-0.15, -0.1) is 0 Å². The van der Waals surface area contributed by atoms with Crippen molar-refractivity contribution in [2.45, 2.75) is 19.3 Å². The Morgan fingerprint density at radius 2 is 1.38 bits per heavy atom. The summed E-state index contributed by atoms with van der Waals surface area (Å²) in [6.45, 7) is 1.57. The van der Waals surface area contributed by atoms with E-state index in [0.717, 1.165) is 12.1 Å². The smallest absolute Gasteiger partial charge is 0.289 e. The number of allylic oxidation sites excluding steroid dienone is 2. The maximum atomic E-state index is 13.2. The van der Waals surface area contributed by atoms with Crippen molar-refractivity contribution in [3.8, 4) is 0 Å². The minimum absolute atomic E-state index is 0.268. The van der Waals surface area contributed by atoms with Crippen LogP contribution in [-0.4, -0.2) is 18.1 Å². The SMILES string of the molecule is Cc1cc(C(=O)C(=C(C(F)(F)F)C(F)(F)F)c2ccccc2)ccc1Br. The third-order valence-corrected chi connectivity index (χ3v) is 4.42. The van der Waals surface area contributed by atoms with Gasteiger partial charge in [-0.2, -0.15) is 26.3 Å². The molecule has 138 valence electrons. The van der Waals surface area contributed by atoms with Gasteiger partial charge in [0.1, 0.15) is 5.57 Å². The van der Waals surface area contributed by atoms with E-state index in [4.69, 9.17) is 0 Å². The number of aryl methyl sites for hydroxylation is 1. The summed E-state index contributed by atoms with van der Waals surface area (Å²) in [5.74, 6) is -1.35. The fraction of sp³-hybridized carbons (Fsp3) is 0.167. The Hall–Kier alpha value is -2.09. The number of carbonyl (C=O) groups is 1. The average molecular weight is 437 g/mol. The zero-order valence-electron chi connectivity index (χ0n) is 13.2. The molecule has 0 unspecified atom stereocenters. The Balaban J connectivity index is 2.82. The average Bonchev–Trinajstić information content (AvgIpc) is 2.53. The van der Waals surface area contributed by atoms with Gasteiger partial charge in [0.2, 0.25) is 0 Å². The summed E-state index contributed by atoms with van der Waals surface area (Å²) in [4.78, 5) is 12.7. The lowest BCUT2D eigenvalue weighted by Crippen LogP contribution is -2.29. The van der Waals surface area contributed by atoms with E-state index in [9.17, 15) is 31.1 Å². The molecule has 0 saturated carbocycles. The van der Waals surface area contributed by atoms with Crippen LogP contribution in [0.3, 0.4) is 0 Å². The van der Waals surface area contributed by atoms with Crippen molar-refractivity contribution in [1.82, 2.24) is 0 Å². The molecule has 0 amide bonds. The molecule has 0 spiro atoms. The first kappa shape index (κ1) is 20.2. The van der Waals surface area contributed by atoms with Gasteiger partial charge in [0.05, 0.1) is 0 Å². The molecule has 0 aliphatic heterocycles. The highest BCUT2D eigenvalue weighted by Crippen LogP contribution is 2.44. The van der Waals surface area contributed by atoms with Gasteiger partial charge in [-0.25, -0.2) is 0 Å². The molecular formula is C18H11BrF6O. The molecule has 0 fully saturated rings. The molecule has 0 aliphatic carbocycles. The summed E-state index contributed by atoms with van der Waals surface area (Å²) < 4.78 is 80.0. The first-order chi connectivity index (χ1) is 11.9.